The highest BCUT2D eigenvalue weighted by Gasteiger charge is 2.06. The molecule has 2 heterocycles. The molecule has 0 radical (unpaired) electrons. The predicted octanol–water partition coefficient (Wildman–Crippen LogP) is 2.12. The summed E-state index contributed by atoms with van der Waals surface area (Å²) in [7, 11) is 0. The molecule has 1 aliphatic rings. The zero-order valence-electron chi connectivity index (χ0n) is 5.54. The minimum Gasteiger partial charge on any atom is -0.443 e. The van der Waals surface area contributed by atoms with Crippen molar-refractivity contribution in [3.63, 3.8) is 0 Å². The molecule has 0 saturated heterocycles. The van der Waals surface area contributed by atoms with Gasteiger partial charge in [0.15, 0.2) is 0 Å². The average molecular weight is 213 g/mol. The summed E-state index contributed by atoms with van der Waals surface area (Å²) < 4.78 is 6.04. The van der Waals surface area contributed by atoms with Crippen LogP contribution in [0, 0.1) is 0 Å². The van der Waals surface area contributed by atoms with Crippen molar-refractivity contribution in [1.82, 2.24) is 4.98 Å². The number of hydrogen-bond acceptors (Lipinski definition) is 3. The fourth-order valence-electron chi connectivity index (χ4n) is 0.846. The first-order valence-electron chi connectivity index (χ1n) is 3.10. The monoisotopic (exact) mass is 212 g/mol. The topological polar surface area (TPSA) is 34.2 Å². The number of anilines is 1. The lowest BCUT2D eigenvalue weighted by molar-refractivity contribution is 0.457. The molecule has 0 bridgehead atoms. The van der Waals surface area contributed by atoms with Crippen molar-refractivity contribution >= 4 is 21.6 Å². The minimum absolute atomic E-state index is 0.607. The van der Waals surface area contributed by atoms with E-state index in [1.54, 1.807) is 18.7 Å². The van der Waals surface area contributed by atoms with Gasteiger partial charge in [-0.15, -0.1) is 0 Å². The first kappa shape index (κ1) is 6.67. The molecule has 11 heavy (non-hydrogen) atoms. The maximum Gasteiger partial charge on any atom is 0.242 e. The number of fused-ring (bicyclic) bond motifs is 1. The van der Waals surface area contributed by atoms with E-state index in [9.17, 15) is 0 Å². The van der Waals surface area contributed by atoms with Crippen molar-refractivity contribution in [1.29, 1.82) is 0 Å². The smallest absolute Gasteiger partial charge is 0.242 e. The zero-order chi connectivity index (χ0) is 7.68. The van der Waals surface area contributed by atoms with Gasteiger partial charge in [-0.3, -0.25) is 0 Å². The molecule has 4 heteroatoms. The first-order valence-corrected chi connectivity index (χ1v) is 3.89. The molecule has 0 amide bonds. The molecule has 1 aliphatic heterocycles. The van der Waals surface area contributed by atoms with Gasteiger partial charge in [-0.05, 0) is 22.0 Å². The van der Waals surface area contributed by atoms with E-state index in [0.29, 0.717) is 5.88 Å². The van der Waals surface area contributed by atoms with Gasteiger partial charge in [-0.1, -0.05) is 0 Å². The highest BCUT2D eigenvalue weighted by Crippen LogP contribution is 2.27. The van der Waals surface area contributed by atoms with Gasteiger partial charge in [0, 0.05) is 16.9 Å². The summed E-state index contributed by atoms with van der Waals surface area (Å²) >= 11 is 3.31. The van der Waals surface area contributed by atoms with Crippen LogP contribution in [0.15, 0.2) is 29.2 Å². The Bertz CT molecular complexity index is 311. The first-order chi connectivity index (χ1) is 5.36. The second-order valence-corrected chi connectivity index (χ2v) is 2.99. The van der Waals surface area contributed by atoms with Crippen molar-refractivity contribution in [3.05, 3.63) is 29.2 Å². The third kappa shape index (κ3) is 1.21. The third-order valence-corrected chi connectivity index (χ3v) is 1.74. The average Bonchev–Trinajstić information content (AvgIpc) is 2.04. The van der Waals surface area contributed by atoms with E-state index in [4.69, 9.17) is 4.74 Å². The Labute approximate surface area is 72.2 Å². The van der Waals surface area contributed by atoms with Crippen LogP contribution in [0.2, 0.25) is 0 Å². The van der Waals surface area contributed by atoms with E-state index in [0.717, 1.165) is 10.2 Å². The number of nitrogens with one attached hydrogen (secondary N) is 1. The van der Waals surface area contributed by atoms with Crippen LogP contribution >= 0.6 is 15.9 Å². The molecule has 1 aromatic rings. The van der Waals surface area contributed by atoms with E-state index in [1.165, 1.54) is 0 Å². The SMILES string of the molecule is Brc1cnc2c(c1)NC=CO2. The predicted molar refractivity (Wildman–Crippen MR) is 45.3 cm³/mol. The van der Waals surface area contributed by atoms with Crippen molar-refractivity contribution < 1.29 is 4.74 Å². The Morgan fingerprint density at radius 1 is 1.55 bits per heavy atom. The van der Waals surface area contributed by atoms with Crippen LogP contribution in [-0.4, -0.2) is 4.98 Å². The van der Waals surface area contributed by atoms with Crippen molar-refractivity contribution in [2.45, 2.75) is 0 Å². The van der Waals surface area contributed by atoms with Crippen LogP contribution in [0.1, 0.15) is 0 Å². The lowest BCUT2D eigenvalue weighted by Crippen LogP contribution is -2.00. The molecular formula is C7H5BrN2O. The molecular weight excluding hydrogens is 208 g/mol. The number of aromatic nitrogens is 1. The number of rotatable bonds is 0. The molecule has 1 aromatic heterocycles. The quantitative estimate of drug-likeness (QED) is 0.716. The number of halogens is 1. The summed E-state index contributed by atoms with van der Waals surface area (Å²) in [5, 5.41) is 3.01. The van der Waals surface area contributed by atoms with E-state index >= 15 is 0 Å². The van der Waals surface area contributed by atoms with Crippen LogP contribution in [0.25, 0.3) is 0 Å². The van der Waals surface area contributed by atoms with Gasteiger partial charge >= 0.3 is 0 Å². The number of pyridine rings is 1. The van der Waals surface area contributed by atoms with Gasteiger partial charge in [0.1, 0.15) is 11.9 Å². The maximum absolute atomic E-state index is 5.10. The van der Waals surface area contributed by atoms with Crippen LogP contribution in [-0.2, 0) is 0 Å². The largest absolute Gasteiger partial charge is 0.443 e. The summed E-state index contributed by atoms with van der Waals surface area (Å²) in [5.41, 5.74) is 0.877. The lowest BCUT2D eigenvalue weighted by Gasteiger charge is -2.11. The van der Waals surface area contributed by atoms with E-state index in [1.807, 2.05) is 6.07 Å². The maximum atomic E-state index is 5.10. The van der Waals surface area contributed by atoms with Gasteiger partial charge in [0.2, 0.25) is 5.88 Å². The molecule has 0 unspecified atom stereocenters. The summed E-state index contributed by atoms with van der Waals surface area (Å²) in [6, 6.07) is 1.91. The molecule has 0 aromatic carbocycles. The number of ether oxygens (including phenoxy) is 1. The zero-order valence-corrected chi connectivity index (χ0v) is 7.13. The number of hydrogen-bond donors (Lipinski definition) is 1. The van der Waals surface area contributed by atoms with Crippen LogP contribution in [0.4, 0.5) is 5.69 Å². The summed E-state index contributed by atoms with van der Waals surface area (Å²) in [4.78, 5) is 4.04. The van der Waals surface area contributed by atoms with Crippen LogP contribution < -0.4 is 10.1 Å². The van der Waals surface area contributed by atoms with Crippen molar-refractivity contribution in [2.24, 2.45) is 0 Å². The normalized spacial score (nSPS) is 13.2. The van der Waals surface area contributed by atoms with E-state index in [-0.39, 0.29) is 0 Å². The Hall–Kier alpha value is -1.03. The minimum atomic E-state index is 0.607. The standard InChI is InChI=1S/C7H5BrN2O/c8-5-3-6-7(10-4-5)11-2-1-9-6/h1-4,9H. The van der Waals surface area contributed by atoms with E-state index < -0.39 is 0 Å². The molecule has 0 fully saturated rings. The van der Waals surface area contributed by atoms with Gasteiger partial charge < -0.3 is 10.1 Å². The Kier molecular flexibility index (Phi) is 1.54. The van der Waals surface area contributed by atoms with Gasteiger partial charge in [-0.25, -0.2) is 4.98 Å². The second kappa shape index (κ2) is 2.54. The van der Waals surface area contributed by atoms with Gasteiger partial charge in [0.25, 0.3) is 0 Å². The summed E-state index contributed by atoms with van der Waals surface area (Å²) in [6.07, 6.45) is 4.97. The Balaban J connectivity index is 2.48. The molecule has 0 atom stereocenters. The third-order valence-electron chi connectivity index (χ3n) is 1.30. The molecule has 2 rings (SSSR count). The fraction of sp³-hybridized carbons (Fsp3) is 0. The fourth-order valence-corrected chi connectivity index (χ4v) is 1.18. The van der Waals surface area contributed by atoms with Crippen molar-refractivity contribution in [3.8, 4) is 5.88 Å². The van der Waals surface area contributed by atoms with Gasteiger partial charge in [0.05, 0.1) is 0 Å². The molecule has 0 saturated carbocycles. The van der Waals surface area contributed by atoms with Crippen LogP contribution in [0.5, 0.6) is 5.88 Å². The highest BCUT2D eigenvalue weighted by atomic mass is 79.9. The summed E-state index contributed by atoms with van der Waals surface area (Å²) in [6.45, 7) is 0. The van der Waals surface area contributed by atoms with Crippen LogP contribution in [0.3, 0.4) is 0 Å². The number of nitrogens with zero attached hydrogens (tertiary/aromatic N) is 1. The molecule has 0 spiro atoms. The molecule has 56 valence electrons. The summed E-state index contributed by atoms with van der Waals surface area (Å²) in [5.74, 6) is 0.607. The molecule has 0 aliphatic carbocycles. The lowest BCUT2D eigenvalue weighted by atomic mass is 10.4. The highest BCUT2D eigenvalue weighted by molar-refractivity contribution is 9.10. The molecule has 3 nitrogen and oxygen atoms in total. The Morgan fingerprint density at radius 2 is 2.45 bits per heavy atom. The molecule has 1 N–H and O–H groups in total. The Morgan fingerprint density at radius 3 is 3.36 bits per heavy atom. The van der Waals surface area contributed by atoms with E-state index in [2.05, 4.69) is 26.2 Å². The second-order valence-electron chi connectivity index (χ2n) is 2.07. The van der Waals surface area contributed by atoms with Crippen molar-refractivity contribution in [2.75, 3.05) is 5.32 Å². The van der Waals surface area contributed by atoms with Gasteiger partial charge in [-0.2, -0.15) is 0 Å².